The van der Waals surface area contributed by atoms with Gasteiger partial charge in [-0.15, -0.1) is 23.5 Å². The quantitative estimate of drug-likeness (QED) is 0.0258. The lowest BCUT2D eigenvalue weighted by Gasteiger charge is -2.43. The molecule has 9 nitrogen and oxygen atoms in total. The van der Waals surface area contributed by atoms with E-state index >= 15 is 0 Å². The largest absolute Gasteiger partial charge is 0.508 e. The first-order valence-corrected chi connectivity index (χ1v) is 30.9. The number of hydrogen-bond acceptors (Lipinski definition) is 12. The standard InChI is InChI=1S/C29H42O5S2.C29H42O4S2/c1-29(23-10-12-24(31)13-11-23)22-35-28-21-25(32)14-15-26(28)27(29)9-7-5-3-2-4-6-8-19-36(33)20-18-34-17-16-30;1-29(23-10-12-24(31)13-11-23)22-35-28-21-25(32)14-15-26(28)27(29)9-7-5-3-2-4-6-8-19-34-20-18-33-17-16-30/h10-15,21,27,30-32H,2-9,16-20,22H2,1H3;10-15,21,27,30-32H,2-9,16-20,22H2,1H3/t27-,29-,36?;27-,29-/m11/s1. The van der Waals surface area contributed by atoms with E-state index in [4.69, 9.17) is 19.7 Å². The van der Waals surface area contributed by atoms with Crippen molar-refractivity contribution in [2.45, 2.75) is 149 Å². The number of aliphatic hydroxyl groups excluding tert-OH is 2. The molecular weight excluding hydrogens is 969 g/mol. The summed E-state index contributed by atoms with van der Waals surface area (Å²) in [4.78, 5) is 2.40. The second kappa shape index (κ2) is 32.4. The van der Waals surface area contributed by atoms with Crippen molar-refractivity contribution in [3.8, 4) is 23.0 Å². The van der Waals surface area contributed by atoms with Crippen LogP contribution in [-0.4, -0.2) is 109 Å². The first-order chi connectivity index (χ1) is 34.5. The minimum absolute atomic E-state index is 0.00312. The predicted octanol–water partition coefficient (Wildman–Crippen LogP) is 13.2. The minimum Gasteiger partial charge on any atom is -0.508 e. The maximum atomic E-state index is 11.9. The van der Waals surface area contributed by atoms with E-state index in [9.17, 15) is 24.6 Å². The van der Waals surface area contributed by atoms with Crippen molar-refractivity contribution in [1.29, 1.82) is 0 Å². The van der Waals surface area contributed by atoms with Gasteiger partial charge >= 0.3 is 0 Å². The van der Waals surface area contributed by atoms with Crippen molar-refractivity contribution in [3.63, 3.8) is 0 Å². The van der Waals surface area contributed by atoms with Gasteiger partial charge in [0.15, 0.2) is 0 Å². The van der Waals surface area contributed by atoms with Crippen LogP contribution in [0.4, 0.5) is 0 Å². The van der Waals surface area contributed by atoms with E-state index in [1.165, 1.54) is 115 Å². The number of phenols is 4. The summed E-state index contributed by atoms with van der Waals surface area (Å²) in [6.07, 6.45) is 19.3. The smallest absolute Gasteiger partial charge is 0.116 e. The fourth-order valence-corrected chi connectivity index (χ4v) is 14.8. The first kappa shape index (κ1) is 59.0. The highest BCUT2D eigenvalue weighted by atomic mass is 32.2. The van der Waals surface area contributed by atoms with E-state index in [1.807, 2.05) is 59.6 Å². The lowest BCUT2D eigenvalue weighted by molar-refractivity contribution is 0.103. The third-order valence-electron chi connectivity index (χ3n) is 14.3. The van der Waals surface area contributed by atoms with E-state index in [-0.39, 0.29) is 24.0 Å². The van der Waals surface area contributed by atoms with Crippen LogP contribution in [0.2, 0.25) is 0 Å². The Morgan fingerprint density at radius 3 is 1.38 bits per heavy atom. The molecule has 2 heterocycles. The molecule has 4 aromatic rings. The summed E-state index contributed by atoms with van der Waals surface area (Å²) >= 11 is 5.60. The molecule has 0 amide bonds. The van der Waals surface area contributed by atoms with E-state index in [2.05, 4.69) is 50.2 Å². The zero-order valence-electron chi connectivity index (χ0n) is 42.6. The normalized spacial score (nSPS) is 19.9. The Labute approximate surface area is 441 Å². The van der Waals surface area contributed by atoms with Crippen LogP contribution in [0.25, 0.3) is 0 Å². The third-order valence-corrected chi connectivity index (χ3v) is 19.6. The molecule has 2 aliphatic heterocycles. The number of rotatable bonds is 32. The number of unbranched alkanes of at least 4 members (excludes halogenated alkanes) is 12. The third kappa shape index (κ3) is 19.4. The molecule has 2 aliphatic rings. The molecular formula is C58H84O9S4. The van der Waals surface area contributed by atoms with Crippen LogP contribution in [-0.2, 0) is 31.1 Å². The summed E-state index contributed by atoms with van der Waals surface area (Å²) in [5, 5.41) is 57.0. The molecule has 0 fully saturated rings. The highest BCUT2D eigenvalue weighted by Gasteiger charge is 2.42. The van der Waals surface area contributed by atoms with E-state index in [1.54, 1.807) is 24.3 Å². The second-order valence-electron chi connectivity index (χ2n) is 19.7. The summed E-state index contributed by atoms with van der Waals surface area (Å²) < 4.78 is 22.4. The molecule has 5 atom stereocenters. The molecule has 0 saturated heterocycles. The van der Waals surface area contributed by atoms with E-state index < -0.39 is 10.8 Å². The Morgan fingerprint density at radius 2 is 0.915 bits per heavy atom. The zero-order valence-corrected chi connectivity index (χ0v) is 45.8. The lowest BCUT2D eigenvalue weighted by atomic mass is 9.68. The molecule has 13 heteroatoms. The molecule has 394 valence electrons. The fraction of sp³-hybridized carbons (Fsp3) is 0.586. The summed E-state index contributed by atoms with van der Waals surface area (Å²) in [6.45, 7) is 6.81. The molecule has 0 bridgehead atoms. The Balaban J connectivity index is 0.000000264. The average molecular weight is 1050 g/mol. The van der Waals surface area contributed by atoms with Gasteiger partial charge in [0, 0.05) is 60.2 Å². The number of fused-ring (bicyclic) bond motifs is 2. The topological polar surface area (TPSA) is 157 Å². The Bertz CT molecular complexity index is 2120. The first-order valence-electron chi connectivity index (χ1n) is 26.3. The van der Waals surface area contributed by atoms with Crippen LogP contribution >= 0.6 is 35.3 Å². The number of phenolic OH excluding ortho intramolecular Hbond substituents is 4. The van der Waals surface area contributed by atoms with Gasteiger partial charge in [0.1, 0.15) is 23.0 Å². The van der Waals surface area contributed by atoms with Gasteiger partial charge in [0.2, 0.25) is 0 Å². The molecule has 0 aromatic heterocycles. The van der Waals surface area contributed by atoms with E-state index in [0.29, 0.717) is 60.4 Å². The number of benzene rings is 4. The van der Waals surface area contributed by atoms with Crippen LogP contribution in [0, 0.1) is 0 Å². The zero-order chi connectivity index (χ0) is 50.7. The van der Waals surface area contributed by atoms with Gasteiger partial charge in [-0.3, -0.25) is 4.21 Å². The molecule has 6 N–H and O–H groups in total. The number of hydrogen-bond donors (Lipinski definition) is 6. The molecule has 0 radical (unpaired) electrons. The molecule has 0 saturated carbocycles. The summed E-state index contributed by atoms with van der Waals surface area (Å²) in [5.41, 5.74) is 5.20. The number of ether oxygens (including phenoxy) is 2. The Kier molecular flexibility index (Phi) is 27.0. The molecule has 0 spiro atoms. The minimum atomic E-state index is -0.819. The van der Waals surface area contributed by atoms with Crippen molar-refractivity contribution in [1.82, 2.24) is 0 Å². The van der Waals surface area contributed by atoms with Crippen molar-refractivity contribution < 1.29 is 44.3 Å². The van der Waals surface area contributed by atoms with Gasteiger partial charge in [-0.1, -0.05) is 127 Å². The van der Waals surface area contributed by atoms with E-state index in [0.717, 1.165) is 55.3 Å². The Morgan fingerprint density at radius 1 is 0.507 bits per heavy atom. The van der Waals surface area contributed by atoms with Crippen molar-refractivity contribution >= 4 is 46.1 Å². The second-order valence-corrected chi connectivity index (χ2v) is 24.7. The van der Waals surface area contributed by atoms with Crippen LogP contribution in [0.1, 0.15) is 151 Å². The van der Waals surface area contributed by atoms with Crippen LogP contribution in [0.15, 0.2) is 94.7 Å². The highest BCUT2D eigenvalue weighted by molar-refractivity contribution is 7.99. The van der Waals surface area contributed by atoms with Crippen molar-refractivity contribution in [3.05, 3.63) is 107 Å². The lowest BCUT2D eigenvalue weighted by Crippen LogP contribution is -2.36. The maximum Gasteiger partial charge on any atom is 0.116 e. The van der Waals surface area contributed by atoms with Crippen molar-refractivity contribution in [2.24, 2.45) is 0 Å². The van der Waals surface area contributed by atoms with Gasteiger partial charge < -0.3 is 40.1 Å². The van der Waals surface area contributed by atoms with Gasteiger partial charge in [-0.25, -0.2) is 0 Å². The van der Waals surface area contributed by atoms with Crippen LogP contribution < -0.4 is 0 Å². The highest BCUT2D eigenvalue weighted by Crippen LogP contribution is 2.54. The summed E-state index contributed by atoms with van der Waals surface area (Å²) in [6, 6.07) is 27.1. The van der Waals surface area contributed by atoms with Gasteiger partial charge in [0.05, 0.1) is 39.6 Å². The number of aromatic hydroxyl groups is 4. The number of aliphatic hydroxyl groups is 2. The van der Waals surface area contributed by atoms with Gasteiger partial charge in [-0.2, -0.15) is 11.8 Å². The predicted molar refractivity (Wildman–Crippen MR) is 299 cm³/mol. The Hall–Kier alpha value is -2.88. The van der Waals surface area contributed by atoms with Crippen molar-refractivity contribution in [2.75, 3.05) is 74.2 Å². The summed E-state index contributed by atoms with van der Waals surface area (Å²) in [5.74, 6) is 7.51. The van der Waals surface area contributed by atoms with Crippen LogP contribution in [0.5, 0.6) is 23.0 Å². The SMILES string of the molecule is C[C@]1(c2ccc(O)cc2)CSc2cc(O)ccc2[C@H]1CCCCCCCCCS(=O)CCOCCO.C[C@]1(c2ccc(O)cc2)CSc2cc(O)ccc2[C@H]1CCCCCCCCCSCCOCCO. The number of thioether (sulfide) groups is 3. The molecule has 4 aromatic carbocycles. The monoisotopic (exact) mass is 1050 g/mol. The molecule has 0 aliphatic carbocycles. The van der Waals surface area contributed by atoms with Crippen LogP contribution in [0.3, 0.4) is 0 Å². The maximum absolute atomic E-state index is 11.9. The van der Waals surface area contributed by atoms with Gasteiger partial charge in [-0.05, 0) is 114 Å². The molecule has 71 heavy (non-hydrogen) atoms. The molecule has 6 rings (SSSR count). The van der Waals surface area contributed by atoms with Gasteiger partial charge in [0.25, 0.3) is 0 Å². The average Bonchev–Trinajstić information content (AvgIpc) is 3.36. The summed E-state index contributed by atoms with van der Waals surface area (Å²) in [7, 11) is -0.819. The fourth-order valence-electron chi connectivity index (χ4n) is 10.2. The molecule has 1 unspecified atom stereocenters.